The third-order valence-electron chi connectivity index (χ3n) is 15.4. The van der Waals surface area contributed by atoms with Gasteiger partial charge >= 0.3 is 23.9 Å². The molecular formula is C55H88O12. The smallest absolute Gasteiger partial charge is 0.306 e. The van der Waals surface area contributed by atoms with Crippen molar-refractivity contribution in [3.8, 4) is 0 Å². The second-order valence-electron chi connectivity index (χ2n) is 20.6. The number of fused-ring (bicyclic) bond motifs is 5. The molecule has 12 heteroatoms. The lowest BCUT2D eigenvalue weighted by Crippen LogP contribution is -2.60. The molecule has 0 aliphatic heterocycles. The van der Waals surface area contributed by atoms with E-state index in [2.05, 4.69) is 13.8 Å². The molecule has 4 rings (SSSR count). The molecule has 0 amide bonds. The summed E-state index contributed by atoms with van der Waals surface area (Å²) in [5.41, 5.74) is -0.925. The van der Waals surface area contributed by atoms with Crippen molar-refractivity contribution >= 4 is 35.4 Å². The van der Waals surface area contributed by atoms with Crippen molar-refractivity contribution in [3.63, 3.8) is 0 Å². The van der Waals surface area contributed by atoms with Gasteiger partial charge in [0.1, 0.15) is 19.8 Å². The Morgan fingerprint density at radius 1 is 0.642 bits per heavy atom. The van der Waals surface area contributed by atoms with E-state index >= 15 is 0 Å². The van der Waals surface area contributed by atoms with E-state index in [0.717, 1.165) is 44.1 Å². The Morgan fingerprint density at radius 3 is 1.66 bits per heavy atom. The van der Waals surface area contributed by atoms with Crippen molar-refractivity contribution in [1.29, 1.82) is 0 Å². The number of unbranched alkanes of at least 4 members (excludes halogenated alkanes) is 20. The van der Waals surface area contributed by atoms with Crippen LogP contribution in [0, 0.1) is 29.1 Å². The number of carbonyl (C=O) groups is 6. The first-order chi connectivity index (χ1) is 32.3. The maximum Gasteiger partial charge on any atom is 0.306 e. The van der Waals surface area contributed by atoms with Gasteiger partial charge in [-0.05, 0) is 62.5 Å². The molecule has 3 fully saturated rings. The van der Waals surface area contributed by atoms with Crippen LogP contribution in [0.15, 0.2) is 23.8 Å². The number of esters is 4. The zero-order valence-electron chi connectivity index (χ0n) is 41.7. The van der Waals surface area contributed by atoms with Crippen LogP contribution in [0.4, 0.5) is 0 Å². The third kappa shape index (κ3) is 18.5. The minimum Gasteiger partial charge on any atom is -0.462 e. The number of aliphatic hydroxyl groups excluding tert-OH is 1. The highest BCUT2D eigenvalue weighted by Crippen LogP contribution is 2.63. The summed E-state index contributed by atoms with van der Waals surface area (Å²) >= 11 is 0. The Labute approximate surface area is 402 Å². The van der Waals surface area contributed by atoms with E-state index in [4.69, 9.17) is 18.9 Å². The number of carbonyl (C=O) groups excluding carboxylic acids is 6. The highest BCUT2D eigenvalue weighted by Gasteiger charge is 2.64. The molecule has 6 unspecified atom stereocenters. The summed E-state index contributed by atoms with van der Waals surface area (Å²) in [5.74, 6) is -4.08. The van der Waals surface area contributed by atoms with Crippen LogP contribution < -0.4 is 0 Å². The average molecular weight is 941 g/mol. The van der Waals surface area contributed by atoms with Crippen molar-refractivity contribution in [3.05, 3.63) is 23.8 Å². The van der Waals surface area contributed by atoms with Crippen molar-refractivity contribution in [2.45, 2.75) is 238 Å². The normalized spacial score (nSPS) is 25.6. The molecular weight excluding hydrogens is 853 g/mol. The molecule has 380 valence electrons. The van der Waals surface area contributed by atoms with E-state index in [0.29, 0.717) is 38.5 Å². The summed E-state index contributed by atoms with van der Waals surface area (Å²) in [7, 11) is 0. The number of allylic oxidation sites excluding steroid dienone is 4. The number of ether oxygens (including phenoxy) is 4. The van der Waals surface area contributed by atoms with Crippen LogP contribution in [0.2, 0.25) is 0 Å². The number of Topliss-reactive ketones (excluding diaryl/α,β-unsaturated/α-hetero) is 1. The van der Waals surface area contributed by atoms with E-state index < -0.39 is 65.4 Å². The monoisotopic (exact) mass is 941 g/mol. The van der Waals surface area contributed by atoms with Gasteiger partial charge in [0.15, 0.2) is 17.7 Å². The first kappa shape index (κ1) is 56.2. The molecule has 67 heavy (non-hydrogen) atoms. The molecule has 0 radical (unpaired) electrons. The van der Waals surface area contributed by atoms with Crippen LogP contribution in [0.1, 0.15) is 220 Å². The summed E-state index contributed by atoms with van der Waals surface area (Å²) in [6, 6.07) is 0. The molecule has 0 spiro atoms. The van der Waals surface area contributed by atoms with Gasteiger partial charge in [-0.25, -0.2) is 0 Å². The Morgan fingerprint density at radius 2 is 1.12 bits per heavy atom. The van der Waals surface area contributed by atoms with Crippen LogP contribution in [0.3, 0.4) is 0 Å². The molecule has 0 heterocycles. The second-order valence-corrected chi connectivity index (χ2v) is 20.6. The average Bonchev–Trinajstić information content (AvgIpc) is 3.65. The summed E-state index contributed by atoms with van der Waals surface area (Å²) < 4.78 is 21.8. The molecule has 3 saturated carbocycles. The van der Waals surface area contributed by atoms with E-state index in [1.807, 2.05) is 13.0 Å². The van der Waals surface area contributed by atoms with E-state index in [-0.39, 0.29) is 68.9 Å². The highest BCUT2D eigenvalue weighted by molar-refractivity contribution is 6.01. The fourth-order valence-electron chi connectivity index (χ4n) is 11.6. The largest absolute Gasteiger partial charge is 0.462 e. The number of aliphatic hydroxyl groups is 2. The zero-order chi connectivity index (χ0) is 48.5. The standard InChI is InChI=1S/C55H88O12/c1-4-6-8-10-12-14-16-18-20-22-24-26-49(59)64-38-43(67-52(62)27-25-23-21-19-17-15-13-11-9-7-5-2)39-65-50(60)32-33-51(61)66-40-48(58)46-31-30-45-44-29-28-41-36-42(56)34-35-54(41,3)53(44)47(57)37-55(45,46)63/h34-36,43-47,53,57,63H,4-33,37-40H2,1-3H3/t43?,44?,45?,46-,47?,53?,54?,55-/m1/s1. The van der Waals surface area contributed by atoms with Gasteiger partial charge in [-0.3, -0.25) is 28.8 Å². The van der Waals surface area contributed by atoms with Gasteiger partial charge in [0.2, 0.25) is 0 Å². The summed E-state index contributed by atoms with van der Waals surface area (Å²) in [6.07, 6.45) is 30.9. The van der Waals surface area contributed by atoms with E-state index in [1.165, 1.54) is 89.9 Å². The third-order valence-corrected chi connectivity index (χ3v) is 15.4. The minimum absolute atomic E-state index is 0.0218. The lowest BCUT2D eigenvalue weighted by Gasteiger charge is -2.57. The fraction of sp³-hybridized carbons (Fsp3) is 0.818. The van der Waals surface area contributed by atoms with Gasteiger partial charge in [-0.1, -0.05) is 161 Å². The van der Waals surface area contributed by atoms with Gasteiger partial charge in [0, 0.05) is 30.6 Å². The number of rotatable bonds is 35. The lowest BCUT2D eigenvalue weighted by molar-refractivity contribution is -0.176. The maximum absolute atomic E-state index is 13.5. The predicted molar refractivity (Wildman–Crippen MR) is 257 cm³/mol. The van der Waals surface area contributed by atoms with Crippen LogP contribution >= 0.6 is 0 Å². The number of hydrogen-bond acceptors (Lipinski definition) is 12. The summed E-state index contributed by atoms with van der Waals surface area (Å²) in [4.78, 5) is 76.6. The van der Waals surface area contributed by atoms with Crippen LogP contribution in [-0.4, -0.2) is 83.3 Å². The first-order valence-electron chi connectivity index (χ1n) is 26.9. The Balaban J connectivity index is 1.16. The number of hydrogen-bond donors (Lipinski definition) is 2. The summed E-state index contributed by atoms with van der Waals surface area (Å²) in [6.45, 7) is 5.34. The Hall–Kier alpha value is -3.38. The van der Waals surface area contributed by atoms with Gasteiger partial charge in [-0.2, -0.15) is 0 Å². The molecule has 0 aromatic carbocycles. The Kier molecular flexibility index (Phi) is 25.4. The fourth-order valence-corrected chi connectivity index (χ4v) is 11.6. The van der Waals surface area contributed by atoms with Crippen LogP contribution in [0.5, 0.6) is 0 Å². The van der Waals surface area contributed by atoms with Crippen molar-refractivity contribution < 1.29 is 57.9 Å². The van der Waals surface area contributed by atoms with Crippen molar-refractivity contribution in [2.24, 2.45) is 29.1 Å². The molecule has 0 aromatic rings. The predicted octanol–water partition coefficient (Wildman–Crippen LogP) is 10.9. The van der Waals surface area contributed by atoms with Crippen molar-refractivity contribution in [2.75, 3.05) is 19.8 Å². The lowest BCUT2D eigenvalue weighted by atomic mass is 9.49. The highest BCUT2D eigenvalue weighted by atomic mass is 16.6. The maximum atomic E-state index is 13.5. The molecule has 4 aliphatic rings. The van der Waals surface area contributed by atoms with E-state index in [1.54, 1.807) is 12.2 Å². The SMILES string of the molecule is CCCCCCCCCCCCCC(=O)OCC(COC(=O)CCC(=O)OCC(=O)[C@H]1CCC2C3CCC4=CC(=O)C=CC4(C)C3C(O)C[C@@]21O)OC(=O)CCCCCCCCCCCCC. The van der Waals surface area contributed by atoms with Gasteiger partial charge in [-0.15, -0.1) is 0 Å². The Bertz CT molecular complexity index is 1620. The molecule has 12 nitrogen and oxygen atoms in total. The van der Waals surface area contributed by atoms with Crippen molar-refractivity contribution in [1.82, 2.24) is 0 Å². The number of ketones is 2. The molecule has 0 saturated heterocycles. The van der Waals surface area contributed by atoms with Gasteiger partial charge < -0.3 is 29.2 Å². The second kappa shape index (κ2) is 30.3. The van der Waals surface area contributed by atoms with Gasteiger partial charge in [0.25, 0.3) is 0 Å². The first-order valence-corrected chi connectivity index (χ1v) is 26.9. The van der Waals surface area contributed by atoms with E-state index in [9.17, 15) is 39.0 Å². The zero-order valence-corrected chi connectivity index (χ0v) is 41.7. The molecule has 0 aromatic heterocycles. The summed E-state index contributed by atoms with van der Waals surface area (Å²) in [5, 5.41) is 23.5. The van der Waals surface area contributed by atoms with Gasteiger partial charge in [0.05, 0.1) is 30.5 Å². The molecule has 2 N–H and O–H groups in total. The van der Waals surface area contributed by atoms with Crippen LogP contribution in [-0.2, 0) is 47.7 Å². The topological polar surface area (TPSA) is 180 Å². The minimum atomic E-state index is -1.44. The molecule has 4 aliphatic carbocycles. The molecule has 8 atom stereocenters. The van der Waals surface area contributed by atoms with Crippen LogP contribution in [0.25, 0.3) is 0 Å². The quantitative estimate of drug-likeness (QED) is 0.0349. The molecule has 0 bridgehead atoms.